The molecule has 0 unspecified atom stereocenters. The Labute approximate surface area is 151 Å². The third-order valence-electron chi connectivity index (χ3n) is 3.76. The molecular formula is C19H19N5O2. The van der Waals surface area contributed by atoms with Crippen LogP contribution in [0.4, 0.5) is 11.4 Å². The minimum atomic E-state index is -0.226. The zero-order valence-corrected chi connectivity index (χ0v) is 14.6. The van der Waals surface area contributed by atoms with Crippen molar-refractivity contribution in [3.05, 3.63) is 71.8 Å². The van der Waals surface area contributed by atoms with E-state index in [2.05, 4.69) is 20.7 Å². The predicted octanol–water partition coefficient (Wildman–Crippen LogP) is 2.79. The van der Waals surface area contributed by atoms with Crippen LogP contribution >= 0.6 is 0 Å². The molecule has 2 heterocycles. The number of amides is 2. The van der Waals surface area contributed by atoms with E-state index >= 15 is 0 Å². The van der Waals surface area contributed by atoms with Gasteiger partial charge in [-0.25, -0.2) is 0 Å². The van der Waals surface area contributed by atoms with Crippen LogP contribution in [-0.2, 0) is 11.3 Å². The van der Waals surface area contributed by atoms with E-state index in [1.807, 2.05) is 19.9 Å². The van der Waals surface area contributed by atoms with Crippen molar-refractivity contribution >= 4 is 23.2 Å². The summed E-state index contributed by atoms with van der Waals surface area (Å²) in [6.07, 6.45) is 6.58. The van der Waals surface area contributed by atoms with Crippen LogP contribution in [0.1, 0.15) is 21.5 Å². The number of anilines is 2. The molecule has 0 atom stereocenters. The maximum absolute atomic E-state index is 12.3. The lowest BCUT2D eigenvalue weighted by molar-refractivity contribution is -0.116. The van der Waals surface area contributed by atoms with Gasteiger partial charge in [-0.15, -0.1) is 0 Å². The summed E-state index contributed by atoms with van der Waals surface area (Å²) in [6.45, 7) is 3.90. The lowest BCUT2D eigenvalue weighted by Gasteiger charge is -2.11. The number of nitrogens with one attached hydrogen (secondary N) is 2. The van der Waals surface area contributed by atoms with E-state index in [0.717, 1.165) is 11.1 Å². The summed E-state index contributed by atoms with van der Waals surface area (Å²) >= 11 is 0. The third kappa shape index (κ3) is 4.32. The molecule has 0 radical (unpaired) electrons. The molecule has 0 aliphatic heterocycles. The number of aryl methyl sites for hydroxylation is 2. The number of hydrogen-bond donors (Lipinski definition) is 2. The smallest absolute Gasteiger partial charge is 0.257 e. The Morgan fingerprint density at radius 1 is 1.12 bits per heavy atom. The zero-order chi connectivity index (χ0) is 18.5. The highest BCUT2D eigenvalue weighted by Gasteiger charge is 2.10. The van der Waals surface area contributed by atoms with Gasteiger partial charge in [-0.2, -0.15) is 5.10 Å². The molecule has 0 bridgehead atoms. The van der Waals surface area contributed by atoms with Crippen molar-refractivity contribution in [3.8, 4) is 0 Å². The van der Waals surface area contributed by atoms with Gasteiger partial charge in [0.2, 0.25) is 5.91 Å². The molecule has 0 spiro atoms. The van der Waals surface area contributed by atoms with Crippen LogP contribution in [0.15, 0.2) is 55.1 Å². The molecule has 1 aromatic carbocycles. The Kier molecular flexibility index (Phi) is 5.07. The first-order valence-electron chi connectivity index (χ1n) is 8.12. The number of rotatable bonds is 5. The summed E-state index contributed by atoms with van der Waals surface area (Å²) in [5, 5.41) is 9.69. The number of aromatic nitrogens is 3. The highest BCUT2D eigenvalue weighted by atomic mass is 16.2. The van der Waals surface area contributed by atoms with Crippen molar-refractivity contribution in [2.45, 2.75) is 20.4 Å². The zero-order valence-electron chi connectivity index (χ0n) is 14.6. The second-order valence-corrected chi connectivity index (χ2v) is 5.99. The van der Waals surface area contributed by atoms with Crippen LogP contribution in [0.5, 0.6) is 0 Å². The molecule has 0 saturated heterocycles. The summed E-state index contributed by atoms with van der Waals surface area (Å²) in [4.78, 5) is 28.4. The van der Waals surface area contributed by atoms with Crippen LogP contribution in [0.2, 0.25) is 0 Å². The SMILES string of the molecule is Cc1cncc(C(=O)Nc2ccc(NC(=O)Cn3cccn3)c(C)c2)c1. The van der Waals surface area contributed by atoms with Gasteiger partial charge in [0, 0.05) is 36.2 Å². The number of carbonyl (C=O) groups excluding carboxylic acids is 2. The molecule has 7 nitrogen and oxygen atoms in total. The molecule has 0 saturated carbocycles. The fourth-order valence-electron chi connectivity index (χ4n) is 2.49. The van der Waals surface area contributed by atoms with Crippen LogP contribution in [-0.4, -0.2) is 26.6 Å². The van der Waals surface area contributed by atoms with Crippen molar-refractivity contribution in [1.29, 1.82) is 0 Å². The average Bonchev–Trinajstić information content (AvgIpc) is 3.10. The van der Waals surface area contributed by atoms with Gasteiger partial charge in [0.15, 0.2) is 0 Å². The molecule has 0 aliphatic carbocycles. The quantitative estimate of drug-likeness (QED) is 0.741. The summed E-state index contributed by atoms with van der Waals surface area (Å²) in [5.41, 5.74) is 3.61. The van der Waals surface area contributed by atoms with Gasteiger partial charge in [-0.1, -0.05) is 0 Å². The Bertz CT molecular complexity index is 935. The molecule has 26 heavy (non-hydrogen) atoms. The Morgan fingerprint density at radius 2 is 1.96 bits per heavy atom. The van der Waals surface area contributed by atoms with Crippen molar-refractivity contribution in [3.63, 3.8) is 0 Å². The van der Waals surface area contributed by atoms with Gasteiger partial charge in [-0.05, 0) is 55.3 Å². The van der Waals surface area contributed by atoms with Gasteiger partial charge in [-0.3, -0.25) is 19.3 Å². The van der Waals surface area contributed by atoms with E-state index < -0.39 is 0 Å². The summed E-state index contributed by atoms with van der Waals surface area (Å²) < 4.78 is 1.55. The molecule has 132 valence electrons. The van der Waals surface area contributed by atoms with E-state index in [0.29, 0.717) is 16.9 Å². The maximum Gasteiger partial charge on any atom is 0.257 e. The molecule has 2 aromatic heterocycles. The second-order valence-electron chi connectivity index (χ2n) is 5.99. The van der Waals surface area contributed by atoms with Crippen molar-refractivity contribution < 1.29 is 9.59 Å². The second kappa shape index (κ2) is 7.60. The molecule has 2 N–H and O–H groups in total. The Balaban J connectivity index is 1.65. The third-order valence-corrected chi connectivity index (χ3v) is 3.76. The Morgan fingerprint density at radius 3 is 2.65 bits per heavy atom. The van der Waals surface area contributed by atoms with E-state index in [1.54, 1.807) is 47.5 Å². The fourth-order valence-corrected chi connectivity index (χ4v) is 2.49. The monoisotopic (exact) mass is 349 g/mol. The topological polar surface area (TPSA) is 88.9 Å². The summed E-state index contributed by atoms with van der Waals surface area (Å²) in [6, 6.07) is 8.86. The molecule has 3 aromatic rings. The first-order chi connectivity index (χ1) is 12.5. The molecular weight excluding hydrogens is 330 g/mol. The van der Waals surface area contributed by atoms with Crippen LogP contribution < -0.4 is 10.6 Å². The van der Waals surface area contributed by atoms with Gasteiger partial charge in [0.1, 0.15) is 6.54 Å². The van der Waals surface area contributed by atoms with Crippen molar-refractivity contribution in [1.82, 2.24) is 14.8 Å². The highest BCUT2D eigenvalue weighted by Crippen LogP contribution is 2.20. The largest absolute Gasteiger partial charge is 0.324 e. The fraction of sp³-hybridized carbons (Fsp3) is 0.158. The number of hydrogen-bond acceptors (Lipinski definition) is 4. The van der Waals surface area contributed by atoms with E-state index in [4.69, 9.17) is 0 Å². The number of benzene rings is 1. The van der Waals surface area contributed by atoms with Crippen molar-refractivity contribution in [2.24, 2.45) is 0 Å². The van der Waals surface area contributed by atoms with Gasteiger partial charge < -0.3 is 10.6 Å². The Hall–Kier alpha value is -3.48. The number of carbonyl (C=O) groups is 2. The lowest BCUT2D eigenvalue weighted by atomic mass is 10.1. The van der Waals surface area contributed by atoms with E-state index in [1.165, 1.54) is 6.20 Å². The standard InChI is InChI=1S/C19H19N5O2/c1-13-8-15(11-20-10-13)19(26)22-16-4-5-17(14(2)9-16)23-18(25)12-24-7-3-6-21-24/h3-11H,12H2,1-2H3,(H,22,26)(H,23,25). The minimum Gasteiger partial charge on any atom is -0.324 e. The van der Waals surface area contributed by atoms with Crippen molar-refractivity contribution in [2.75, 3.05) is 10.6 Å². The normalized spacial score (nSPS) is 10.4. The van der Waals surface area contributed by atoms with Crippen LogP contribution in [0, 0.1) is 13.8 Å². The first kappa shape index (κ1) is 17.3. The summed E-state index contributed by atoms with van der Waals surface area (Å²) in [5.74, 6) is -0.393. The summed E-state index contributed by atoms with van der Waals surface area (Å²) in [7, 11) is 0. The average molecular weight is 349 g/mol. The van der Waals surface area contributed by atoms with Crippen LogP contribution in [0.25, 0.3) is 0 Å². The van der Waals surface area contributed by atoms with E-state index in [9.17, 15) is 9.59 Å². The van der Waals surface area contributed by atoms with Gasteiger partial charge in [0.05, 0.1) is 5.56 Å². The predicted molar refractivity (Wildman–Crippen MR) is 99.0 cm³/mol. The van der Waals surface area contributed by atoms with Gasteiger partial charge in [0.25, 0.3) is 5.91 Å². The molecule has 3 rings (SSSR count). The molecule has 0 aliphatic rings. The maximum atomic E-state index is 12.3. The lowest BCUT2D eigenvalue weighted by Crippen LogP contribution is -2.19. The van der Waals surface area contributed by atoms with Crippen LogP contribution in [0.3, 0.4) is 0 Å². The molecule has 2 amide bonds. The molecule has 0 fully saturated rings. The number of pyridine rings is 1. The first-order valence-corrected chi connectivity index (χ1v) is 8.12. The van der Waals surface area contributed by atoms with Gasteiger partial charge >= 0.3 is 0 Å². The highest BCUT2D eigenvalue weighted by molar-refractivity contribution is 6.04. The van der Waals surface area contributed by atoms with E-state index in [-0.39, 0.29) is 18.4 Å². The minimum absolute atomic E-state index is 0.144. The molecule has 7 heteroatoms. The number of nitrogens with zero attached hydrogens (tertiary/aromatic N) is 3.